The number of fused-ring (bicyclic) bond motifs is 1. The Morgan fingerprint density at radius 1 is 1.44 bits per heavy atom. The predicted molar refractivity (Wildman–Crippen MR) is 63.0 cm³/mol. The number of carbonyl (C=O) groups excluding carboxylic acids is 2. The zero-order chi connectivity index (χ0) is 12.9. The fourth-order valence-corrected chi connectivity index (χ4v) is 2.65. The SMILES string of the molecule is Cc1cc(N2C(=O)[C@@H]3C[C@@H](C)CCN3C2=O)no1. The molecular weight excluding hydrogens is 234 g/mol. The molecule has 3 amide bonds. The zero-order valence-corrected chi connectivity index (χ0v) is 10.4. The van der Waals surface area contributed by atoms with Crippen molar-refractivity contribution in [2.75, 3.05) is 11.4 Å². The molecule has 3 heterocycles. The number of aryl methyl sites for hydroxylation is 1. The zero-order valence-electron chi connectivity index (χ0n) is 10.4. The number of carbonyl (C=O) groups is 2. The van der Waals surface area contributed by atoms with E-state index >= 15 is 0 Å². The monoisotopic (exact) mass is 249 g/mol. The topological polar surface area (TPSA) is 66.7 Å². The molecule has 0 spiro atoms. The number of imide groups is 1. The van der Waals surface area contributed by atoms with Crippen molar-refractivity contribution in [3.05, 3.63) is 11.8 Å². The van der Waals surface area contributed by atoms with Crippen LogP contribution in [-0.2, 0) is 4.79 Å². The average molecular weight is 249 g/mol. The quantitative estimate of drug-likeness (QED) is 0.708. The van der Waals surface area contributed by atoms with E-state index < -0.39 is 0 Å². The van der Waals surface area contributed by atoms with E-state index in [0.29, 0.717) is 24.0 Å². The van der Waals surface area contributed by atoms with Crippen molar-refractivity contribution in [3.63, 3.8) is 0 Å². The van der Waals surface area contributed by atoms with Gasteiger partial charge in [-0.3, -0.25) is 4.79 Å². The number of aromatic nitrogens is 1. The van der Waals surface area contributed by atoms with Crippen LogP contribution in [0.5, 0.6) is 0 Å². The van der Waals surface area contributed by atoms with Crippen LogP contribution in [0.2, 0.25) is 0 Å². The lowest BCUT2D eigenvalue weighted by Crippen LogP contribution is -2.41. The van der Waals surface area contributed by atoms with Crippen LogP contribution in [0.3, 0.4) is 0 Å². The molecule has 0 saturated carbocycles. The van der Waals surface area contributed by atoms with Crippen molar-refractivity contribution < 1.29 is 14.1 Å². The van der Waals surface area contributed by atoms with Gasteiger partial charge in [0.15, 0.2) is 5.82 Å². The van der Waals surface area contributed by atoms with Gasteiger partial charge in [0.2, 0.25) is 0 Å². The standard InChI is InChI=1S/C12H15N3O3/c1-7-3-4-14-9(5-7)11(16)15(12(14)17)10-6-8(2)18-13-10/h6-7,9H,3-5H2,1-2H3/t7-,9-/m0/s1. The lowest BCUT2D eigenvalue weighted by molar-refractivity contribution is -0.120. The maximum atomic E-state index is 12.3. The molecule has 0 bridgehead atoms. The van der Waals surface area contributed by atoms with Gasteiger partial charge in [-0.2, -0.15) is 0 Å². The molecule has 2 atom stereocenters. The number of rotatable bonds is 1. The van der Waals surface area contributed by atoms with Crippen molar-refractivity contribution in [1.29, 1.82) is 0 Å². The largest absolute Gasteiger partial charge is 0.360 e. The Morgan fingerprint density at radius 3 is 2.89 bits per heavy atom. The second-order valence-corrected chi connectivity index (χ2v) is 5.09. The summed E-state index contributed by atoms with van der Waals surface area (Å²) in [6.07, 6.45) is 1.68. The van der Waals surface area contributed by atoms with E-state index in [4.69, 9.17) is 4.52 Å². The summed E-state index contributed by atoms with van der Waals surface area (Å²) < 4.78 is 4.93. The summed E-state index contributed by atoms with van der Waals surface area (Å²) in [4.78, 5) is 27.3. The molecule has 1 aromatic rings. The second kappa shape index (κ2) is 3.83. The lowest BCUT2D eigenvalue weighted by Gasteiger charge is -2.30. The van der Waals surface area contributed by atoms with Gasteiger partial charge in [-0.25, -0.2) is 9.69 Å². The Balaban J connectivity index is 1.93. The molecule has 0 aromatic carbocycles. The molecule has 0 N–H and O–H groups in total. The molecule has 18 heavy (non-hydrogen) atoms. The number of hydrogen-bond donors (Lipinski definition) is 0. The molecule has 2 aliphatic rings. The molecule has 6 heteroatoms. The Labute approximate surface area is 105 Å². The highest BCUT2D eigenvalue weighted by atomic mass is 16.5. The number of nitrogens with zero attached hydrogens (tertiary/aromatic N) is 3. The maximum Gasteiger partial charge on any atom is 0.333 e. The Kier molecular flexibility index (Phi) is 2.39. The van der Waals surface area contributed by atoms with Crippen LogP contribution in [0, 0.1) is 12.8 Å². The van der Waals surface area contributed by atoms with Gasteiger partial charge in [0.25, 0.3) is 5.91 Å². The first-order valence-electron chi connectivity index (χ1n) is 6.16. The molecule has 96 valence electrons. The van der Waals surface area contributed by atoms with Gasteiger partial charge in [-0.15, -0.1) is 0 Å². The summed E-state index contributed by atoms with van der Waals surface area (Å²) >= 11 is 0. The fraction of sp³-hybridized carbons (Fsp3) is 0.583. The first-order valence-corrected chi connectivity index (χ1v) is 6.16. The number of amides is 3. The summed E-state index contributed by atoms with van der Waals surface area (Å²) in [5, 5.41) is 3.76. The molecule has 1 aromatic heterocycles. The number of hydrogen-bond acceptors (Lipinski definition) is 4. The predicted octanol–water partition coefficient (Wildman–Crippen LogP) is 1.55. The molecule has 0 unspecified atom stereocenters. The van der Waals surface area contributed by atoms with Crippen LogP contribution < -0.4 is 4.90 Å². The first-order chi connectivity index (χ1) is 8.58. The molecular formula is C12H15N3O3. The molecule has 0 aliphatic carbocycles. The Morgan fingerprint density at radius 2 is 2.22 bits per heavy atom. The molecule has 2 saturated heterocycles. The molecule has 0 radical (unpaired) electrons. The van der Waals surface area contributed by atoms with Gasteiger partial charge in [0, 0.05) is 12.6 Å². The number of piperidine rings is 1. The molecule has 6 nitrogen and oxygen atoms in total. The van der Waals surface area contributed by atoms with E-state index in [1.165, 1.54) is 0 Å². The fourth-order valence-electron chi connectivity index (χ4n) is 2.65. The third-order valence-electron chi connectivity index (χ3n) is 3.65. The van der Waals surface area contributed by atoms with Crippen molar-refractivity contribution in [2.24, 2.45) is 5.92 Å². The highest BCUT2D eigenvalue weighted by Crippen LogP contribution is 2.32. The van der Waals surface area contributed by atoms with Crippen molar-refractivity contribution in [3.8, 4) is 0 Å². The van der Waals surface area contributed by atoms with Crippen molar-refractivity contribution in [1.82, 2.24) is 10.1 Å². The average Bonchev–Trinajstić information content (AvgIpc) is 2.84. The third-order valence-corrected chi connectivity index (χ3v) is 3.65. The van der Waals surface area contributed by atoms with Crippen LogP contribution >= 0.6 is 0 Å². The minimum absolute atomic E-state index is 0.181. The van der Waals surface area contributed by atoms with Crippen LogP contribution in [0.25, 0.3) is 0 Å². The summed E-state index contributed by atoms with van der Waals surface area (Å²) in [7, 11) is 0. The van der Waals surface area contributed by atoms with E-state index in [0.717, 1.165) is 17.7 Å². The minimum Gasteiger partial charge on any atom is -0.360 e. The lowest BCUT2D eigenvalue weighted by atomic mass is 9.93. The summed E-state index contributed by atoms with van der Waals surface area (Å²) in [6.45, 7) is 4.48. The summed E-state index contributed by atoms with van der Waals surface area (Å²) in [5.74, 6) is 1.18. The maximum absolute atomic E-state index is 12.3. The Hall–Kier alpha value is -1.85. The van der Waals surface area contributed by atoms with Crippen LogP contribution in [0.15, 0.2) is 10.6 Å². The Bertz CT molecular complexity index is 510. The van der Waals surface area contributed by atoms with Gasteiger partial charge in [-0.1, -0.05) is 12.1 Å². The van der Waals surface area contributed by atoms with Gasteiger partial charge in [0.1, 0.15) is 11.8 Å². The highest BCUT2D eigenvalue weighted by Gasteiger charge is 2.48. The number of urea groups is 1. The van der Waals surface area contributed by atoms with E-state index in [9.17, 15) is 9.59 Å². The van der Waals surface area contributed by atoms with E-state index in [2.05, 4.69) is 12.1 Å². The second-order valence-electron chi connectivity index (χ2n) is 5.09. The van der Waals surface area contributed by atoms with Crippen LogP contribution in [0.4, 0.5) is 10.6 Å². The van der Waals surface area contributed by atoms with Gasteiger partial charge >= 0.3 is 6.03 Å². The van der Waals surface area contributed by atoms with Crippen LogP contribution in [-0.4, -0.2) is 34.6 Å². The van der Waals surface area contributed by atoms with Crippen molar-refractivity contribution >= 4 is 17.8 Å². The van der Waals surface area contributed by atoms with Crippen molar-refractivity contribution in [2.45, 2.75) is 32.7 Å². The summed E-state index contributed by atoms with van der Waals surface area (Å²) in [6, 6.07) is 1.01. The third kappa shape index (κ3) is 1.52. The smallest absolute Gasteiger partial charge is 0.333 e. The highest BCUT2D eigenvalue weighted by molar-refractivity contribution is 6.20. The molecule has 2 aliphatic heterocycles. The first kappa shape index (κ1) is 11.3. The van der Waals surface area contributed by atoms with E-state index in [1.54, 1.807) is 17.9 Å². The van der Waals surface area contributed by atoms with E-state index in [1.807, 2.05) is 0 Å². The molecule has 3 rings (SSSR count). The van der Waals surface area contributed by atoms with Crippen LogP contribution in [0.1, 0.15) is 25.5 Å². The normalized spacial score (nSPS) is 27.9. The molecule has 2 fully saturated rings. The van der Waals surface area contributed by atoms with Gasteiger partial charge < -0.3 is 9.42 Å². The van der Waals surface area contributed by atoms with E-state index in [-0.39, 0.29) is 18.0 Å². The number of anilines is 1. The van der Waals surface area contributed by atoms with Gasteiger partial charge in [0.05, 0.1) is 0 Å². The van der Waals surface area contributed by atoms with Gasteiger partial charge in [-0.05, 0) is 25.7 Å². The summed E-state index contributed by atoms with van der Waals surface area (Å²) in [5.41, 5.74) is 0. The minimum atomic E-state index is -0.321.